The first-order valence-electron chi connectivity index (χ1n) is 9.60. The Hall–Kier alpha value is -2.31. The van der Waals surface area contributed by atoms with Crippen molar-refractivity contribution in [3.05, 3.63) is 35.2 Å². The first-order valence-corrected chi connectivity index (χ1v) is 9.60. The standard InChI is InChI=1S/C21H27F3N2O2/c1-6-14(7-2)28-20-17(9-4)25-19(16(8-3)26-20)15-11-10-13(21(22,23)24)12-18(15)27-5/h10-12,14H,6-9H2,1-5H3. The van der Waals surface area contributed by atoms with Crippen molar-refractivity contribution in [3.63, 3.8) is 0 Å². The van der Waals surface area contributed by atoms with Crippen LogP contribution in [0.5, 0.6) is 11.6 Å². The molecule has 0 fully saturated rings. The molecule has 28 heavy (non-hydrogen) atoms. The summed E-state index contributed by atoms with van der Waals surface area (Å²) >= 11 is 0. The van der Waals surface area contributed by atoms with E-state index < -0.39 is 11.7 Å². The van der Waals surface area contributed by atoms with E-state index in [2.05, 4.69) is 18.8 Å². The third-order valence-electron chi connectivity index (χ3n) is 4.65. The van der Waals surface area contributed by atoms with Gasteiger partial charge in [-0.15, -0.1) is 0 Å². The number of aromatic nitrogens is 2. The summed E-state index contributed by atoms with van der Waals surface area (Å²) < 4.78 is 50.4. The molecule has 154 valence electrons. The summed E-state index contributed by atoms with van der Waals surface area (Å²) in [5.41, 5.74) is 1.60. The Morgan fingerprint density at radius 3 is 2.11 bits per heavy atom. The summed E-state index contributed by atoms with van der Waals surface area (Å²) in [4.78, 5) is 9.36. The molecule has 0 saturated carbocycles. The summed E-state index contributed by atoms with van der Waals surface area (Å²) in [5, 5.41) is 0. The maximum atomic E-state index is 13.0. The fourth-order valence-corrected chi connectivity index (χ4v) is 2.95. The van der Waals surface area contributed by atoms with Crippen LogP contribution in [0.15, 0.2) is 18.2 Å². The van der Waals surface area contributed by atoms with Crippen LogP contribution in [0.1, 0.15) is 57.5 Å². The van der Waals surface area contributed by atoms with Crippen LogP contribution in [-0.2, 0) is 19.0 Å². The molecule has 0 saturated heterocycles. The Bertz CT molecular complexity index is 803. The van der Waals surface area contributed by atoms with Gasteiger partial charge in [0.1, 0.15) is 11.4 Å². The average Bonchev–Trinajstić information content (AvgIpc) is 2.70. The molecule has 1 aromatic heterocycles. The van der Waals surface area contributed by atoms with Gasteiger partial charge in [-0.3, -0.25) is 0 Å². The smallest absolute Gasteiger partial charge is 0.416 e. The molecule has 0 aliphatic carbocycles. The second kappa shape index (κ2) is 9.26. The molecule has 0 atom stereocenters. The second-order valence-corrected chi connectivity index (χ2v) is 6.45. The van der Waals surface area contributed by atoms with Crippen LogP contribution < -0.4 is 9.47 Å². The predicted octanol–water partition coefficient (Wildman–Crippen LogP) is 5.86. The molecule has 1 aromatic carbocycles. The molecule has 0 bridgehead atoms. The van der Waals surface area contributed by atoms with Gasteiger partial charge in [-0.05, 0) is 43.9 Å². The number of ether oxygens (including phenoxy) is 2. The Morgan fingerprint density at radius 1 is 0.964 bits per heavy atom. The highest BCUT2D eigenvalue weighted by Gasteiger charge is 2.32. The van der Waals surface area contributed by atoms with Gasteiger partial charge in [-0.2, -0.15) is 13.2 Å². The maximum absolute atomic E-state index is 13.0. The van der Waals surface area contributed by atoms with Crippen molar-refractivity contribution in [1.29, 1.82) is 0 Å². The van der Waals surface area contributed by atoms with Gasteiger partial charge < -0.3 is 9.47 Å². The molecule has 0 unspecified atom stereocenters. The highest BCUT2D eigenvalue weighted by molar-refractivity contribution is 5.70. The third-order valence-corrected chi connectivity index (χ3v) is 4.65. The van der Waals surface area contributed by atoms with Crippen LogP contribution in [0.25, 0.3) is 11.3 Å². The van der Waals surface area contributed by atoms with Crippen LogP contribution in [0.4, 0.5) is 13.2 Å². The van der Waals surface area contributed by atoms with Gasteiger partial charge >= 0.3 is 6.18 Å². The summed E-state index contributed by atoms with van der Waals surface area (Å²) in [6.45, 7) is 7.98. The van der Waals surface area contributed by atoms with Crippen LogP contribution in [0.3, 0.4) is 0 Å². The lowest BCUT2D eigenvalue weighted by Gasteiger charge is -2.19. The molecule has 7 heteroatoms. The van der Waals surface area contributed by atoms with Crippen molar-refractivity contribution in [3.8, 4) is 22.9 Å². The topological polar surface area (TPSA) is 44.2 Å². The van der Waals surface area contributed by atoms with Gasteiger partial charge in [0.15, 0.2) is 0 Å². The van der Waals surface area contributed by atoms with Gasteiger partial charge in [0.25, 0.3) is 0 Å². The highest BCUT2D eigenvalue weighted by Crippen LogP contribution is 2.38. The number of alkyl halides is 3. The normalized spacial score (nSPS) is 11.8. The van der Waals surface area contributed by atoms with Crippen molar-refractivity contribution in [2.24, 2.45) is 0 Å². The number of methoxy groups -OCH3 is 1. The number of benzene rings is 1. The van der Waals surface area contributed by atoms with Crippen LogP contribution in [0.2, 0.25) is 0 Å². The monoisotopic (exact) mass is 396 g/mol. The Morgan fingerprint density at radius 2 is 1.61 bits per heavy atom. The molecule has 0 spiro atoms. The van der Waals surface area contributed by atoms with Gasteiger partial charge in [0, 0.05) is 5.56 Å². The van der Waals surface area contributed by atoms with Crippen molar-refractivity contribution < 1.29 is 22.6 Å². The SMILES string of the molecule is CCc1nc(-c2ccc(C(F)(F)F)cc2OC)c(CC)nc1OC(CC)CC. The fraction of sp³-hybridized carbons (Fsp3) is 0.524. The molecular weight excluding hydrogens is 369 g/mol. The number of hydrogen-bond acceptors (Lipinski definition) is 4. The van der Waals surface area contributed by atoms with Gasteiger partial charge in [0.2, 0.25) is 5.88 Å². The molecular formula is C21H27F3N2O2. The molecule has 1 heterocycles. The quantitative estimate of drug-likeness (QED) is 0.560. The summed E-state index contributed by atoms with van der Waals surface area (Å²) in [6, 6.07) is 3.43. The largest absolute Gasteiger partial charge is 0.496 e. The zero-order valence-electron chi connectivity index (χ0n) is 17.0. The molecule has 2 aromatic rings. The zero-order chi connectivity index (χ0) is 20.9. The first-order chi connectivity index (χ1) is 13.3. The van der Waals surface area contributed by atoms with Gasteiger partial charge in [-0.25, -0.2) is 9.97 Å². The van der Waals surface area contributed by atoms with Gasteiger partial charge in [0.05, 0.1) is 30.2 Å². The first kappa shape index (κ1) is 22.0. The lowest BCUT2D eigenvalue weighted by atomic mass is 10.0. The molecule has 2 rings (SSSR count). The number of aryl methyl sites for hydroxylation is 2. The van der Waals surface area contributed by atoms with E-state index in [4.69, 9.17) is 14.5 Å². The van der Waals surface area contributed by atoms with E-state index in [0.717, 1.165) is 25.0 Å². The Kier molecular flexibility index (Phi) is 7.27. The van der Waals surface area contributed by atoms with Crippen molar-refractivity contribution in [2.75, 3.05) is 7.11 Å². The van der Waals surface area contributed by atoms with Gasteiger partial charge in [-0.1, -0.05) is 27.7 Å². The number of hydrogen-bond donors (Lipinski definition) is 0. The lowest BCUT2D eigenvalue weighted by molar-refractivity contribution is -0.137. The van der Waals surface area contributed by atoms with E-state index in [1.165, 1.54) is 13.2 Å². The third kappa shape index (κ3) is 4.75. The van der Waals surface area contributed by atoms with Crippen LogP contribution in [0, 0.1) is 0 Å². The molecule has 0 aliphatic rings. The van der Waals surface area contributed by atoms with E-state index in [1.54, 1.807) is 0 Å². The van der Waals surface area contributed by atoms with E-state index >= 15 is 0 Å². The van der Waals surface area contributed by atoms with Crippen molar-refractivity contribution in [2.45, 2.75) is 65.7 Å². The second-order valence-electron chi connectivity index (χ2n) is 6.45. The number of rotatable bonds is 8. The Labute approximate surface area is 164 Å². The molecule has 0 amide bonds. The van der Waals surface area contributed by atoms with E-state index in [1.807, 2.05) is 13.8 Å². The van der Waals surface area contributed by atoms with E-state index in [0.29, 0.717) is 41.4 Å². The molecule has 0 N–H and O–H groups in total. The molecule has 0 aliphatic heterocycles. The average molecular weight is 396 g/mol. The highest BCUT2D eigenvalue weighted by atomic mass is 19.4. The lowest BCUT2D eigenvalue weighted by Crippen LogP contribution is -2.17. The summed E-state index contributed by atoms with van der Waals surface area (Å²) in [7, 11) is 1.35. The van der Waals surface area contributed by atoms with Crippen molar-refractivity contribution in [1.82, 2.24) is 9.97 Å². The van der Waals surface area contributed by atoms with Crippen LogP contribution in [-0.4, -0.2) is 23.2 Å². The van der Waals surface area contributed by atoms with Crippen LogP contribution >= 0.6 is 0 Å². The summed E-state index contributed by atoms with van der Waals surface area (Å²) in [5.74, 6) is 0.622. The minimum atomic E-state index is -4.44. The minimum absolute atomic E-state index is 0.0516. The van der Waals surface area contributed by atoms with E-state index in [9.17, 15) is 13.2 Å². The Balaban J connectivity index is 2.59. The minimum Gasteiger partial charge on any atom is -0.496 e. The summed E-state index contributed by atoms with van der Waals surface area (Å²) in [6.07, 6.45) is -1.50. The fourth-order valence-electron chi connectivity index (χ4n) is 2.95. The zero-order valence-corrected chi connectivity index (χ0v) is 17.0. The molecule has 4 nitrogen and oxygen atoms in total. The van der Waals surface area contributed by atoms with E-state index in [-0.39, 0.29) is 11.9 Å². The molecule has 0 radical (unpaired) electrons. The predicted molar refractivity (Wildman–Crippen MR) is 103 cm³/mol. The van der Waals surface area contributed by atoms with Crippen molar-refractivity contribution >= 4 is 0 Å². The maximum Gasteiger partial charge on any atom is 0.416 e. The number of halogens is 3. The number of nitrogens with zero attached hydrogens (tertiary/aromatic N) is 2.